The minimum atomic E-state index is 0.239. The summed E-state index contributed by atoms with van der Waals surface area (Å²) in [7, 11) is 2.15. The van der Waals surface area contributed by atoms with Gasteiger partial charge in [-0.3, -0.25) is 4.90 Å². The Labute approximate surface area is 74.9 Å². The van der Waals surface area contributed by atoms with Gasteiger partial charge in [0.2, 0.25) is 0 Å². The molecule has 1 fully saturated rings. The molecule has 1 unspecified atom stereocenters. The second-order valence-electron chi connectivity index (χ2n) is 3.62. The van der Waals surface area contributed by atoms with Gasteiger partial charge in [0, 0.05) is 12.6 Å². The SMILES string of the molecule is C=C(CCO)C1CCCCN1C. The zero-order valence-electron chi connectivity index (χ0n) is 7.92. The molecular weight excluding hydrogens is 150 g/mol. The van der Waals surface area contributed by atoms with Crippen molar-refractivity contribution in [3.63, 3.8) is 0 Å². The van der Waals surface area contributed by atoms with Gasteiger partial charge in [0.1, 0.15) is 0 Å². The van der Waals surface area contributed by atoms with Crippen LogP contribution in [0, 0.1) is 0 Å². The summed E-state index contributed by atoms with van der Waals surface area (Å²) in [4.78, 5) is 2.35. The number of hydrogen-bond donors (Lipinski definition) is 1. The number of likely N-dealkylation sites (tertiary alicyclic amines) is 1. The number of aliphatic hydroxyl groups excluding tert-OH is 1. The summed E-state index contributed by atoms with van der Waals surface area (Å²) in [6.45, 7) is 5.43. The van der Waals surface area contributed by atoms with Crippen molar-refractivity contribution in [1.29, 1.82) is 0 Å². The number of hydrogen-bond acceptors (Lipinski definition) is 2. The molecule has 1 N–H and O–H groups in total. The number of aliphatic hydroxyl groups is 1. The van der Waals surface area contributed by atoms with E-state index in [0.29, 0.717) is 6.04 Å². The second kappa shape index (κ2) is 4.63. The molecule has 0 aliphatic carbocycles. The molecule has 1 heterocycles. The average molecular weight is 169 g/mol. The topological polar surface area (TPSA) is 23.5 Å². The molecule has 0 amide bonds. The highest BCUT2D eigenvalue weighted by Gasteiger charge is 2.20. The molecule has 70 valence electrons. The van der Waals surface area contributed by atoms with Crippen LogP contribution < -0.4 is 0 Å². The molecule has 1 aliphatic heterocycles. The molecule has 2 heteroatoms. The normalized spacial score (nSPS) is 25.7. The maximum atomic E-state index is 8.77. The van der Waals surface area contributed by atoms with Crippen molar-refractivity contribution in [3.05, 3.63) is 12.2 Å². The van der Waals surface area contributed by atoms with Crippen LogP contribution in [-0.4, -0.2) is 36.2 Å². The summed E-state index contributed by atoms with van der Waals surface area (Å²) in [6, 6.07) is 0.519. The van der Waals surface area contributed by atoms with E-state index >= 15 is 0 Å². The molecule has 0 bridgehead atoms. The van der Waals surface area contributed by atoms with Crippen molar-refractivity contribution in [1.82, 2.24) is 4.90 Å². The minimum absolute atomic E-state index is 0.239. The zero-order chi connectivity index (χ0) is 8.97. The highest BCUT2D eigenvalue weighted by atomic mass is 16.2. The minimum Gasteiger partial charge on any atom is -0.396 e. The zero-order valence-corrected chi connectivity index (χ0v) is 7.92. The molecule has 0 aromatic rings. The lowest BCUT2D eigenvalue weighted by Gasteiger charge is -2.33. The first-order valence-electron chi connectivity index (χ1n) is 4.74. The predicted molar refractivity (Wildman–Crippen MR) is 51.1 cm³/mol. The van der Waals surface area contributed by atoms with Crippen LogP contribution >= 0.6 is 0 Å². The summed E-state index contributed by atoms with van der Waals surface area (Å²) in [6.07, 6.45) is 4.59. The third kappa shape index (κ3) is 2.32. The molecular formula is C10H19NO. The quantitative estimate of drug-likeness (QED) is 0.646. The van der Waals surface area contributed by atoms with Gasteiger partial charge in [0.05, 0.1) is 0 Å². The largest absolute Gasteiger partial charge is 0.396 e. The number of likely N-dealkylation sites (N-methyl/N-ethyl adjacent to an activating group) is 1. The summed E-state index contributed by atoms with van der Waals surface area (Å²) in [5, 5.41) is 8.77. The van der Waals surface area contributed by atoms with E-state index in [0.717, 1.165) is 6.42 Å². The predicted octanol–water partition coefficient (Wildman–Crippen LogP) is 1.41. The van der Waals surface area contributed by atoms with Crippen LogP contribution in [0.3, 0.4) is 0 Å². The van der Waals surface area contributed by atoms with Crippen molar-refractivity contribution >= 4 is 0 Å². The fourth-order valence-electron chi connectivity index (χ4n) is 1.90. The fourth-order valence-corrected chi connectivity index (χ4v) is 1.90. The van der Waals surface area contributed by atoms with Crippen molar-refractivity contribution < 1.29 is 5.11 Å². The smallest absolute Gasteiger partial charge is 0.0468 e. The Morgan fingerprint density at radius 1 is 1.58 bits per heavy atom. The lowest BCUT2D eigenvalue weighted by Crippen LogP contribution is -2.37. The molecule has 1 atom stereocenters. The van der Waals surface area contributed by atoms with Gasteiger partial charge in [-0.2, -0.15) is 0 Å². The maximum Gasteiger partial charge on any atom is 0.0468 e. The number of piperidine rings is 1. The van der Waals surface area contributed by atoms with Crippen LogP contribution in [0.1, 0.15) is 25.7 Å². The Morgan fingerprint density at radius 3 is 2.92 bits per heavy atom. The van der Waals surface area contributed by atoms with E-state index in [1.807, 2.05) is 0 Å². The van der Waals surface area contributed by atoms with Gasteiger partial charge >= 0.3 is 0 Å². The van der Waals surface area contributed by atoms with Crippen molar-refractivity contribution in [2.75, 3.05) is 20.2 Å². The summed E-state index contributed by atoms with van der Waals surface area (Å²) < 4.78 is 0. The third-order valence-electron chi connectivity index (χ3n) is 2.67. The Kier molecular flexibility index (Phi) is 3.76. The van der Waals surface area contributed by atoms with Gasteiger partial charge in [-0.25, -0.2) is 0 Å². The van der Waals surface area contributed by atoms with Gasteiger partial charge in [-0.05, 0) is 32.9 Å². The molecule has 12 heavy (non-hydrogen) atoms. The van der Waals surface area contributed by atoms with Gasteiger partial charge < -0.3 is 5.11 Å². The molecule has 2 nitrogen and oxygen atoms in total. The van der Waals surface area contributed by atoms with Crippen LogP contribution in [0.4, 0.5) is 0 Å². The van der Waals surface area contributed by atoms with E-state index in [2.05, 4.69) is 18.5 Å². The van der Waals surface area contributed by atoms with E-state index in [-0.39, 0.29) is 6.61 Å². The summed E-state index contributed by atoms with van der Waals surface area (Å²) >= 11 is 0. The van der Waals surface area contributed by atoms with Crippen LogP contribution in [0.2, 0.25) is 0 Å². The highest BCUT2D eigenvalue weighted by molar-refractivity contribution is 5.06. The molecule has 1 aliphatic rings. The van der Waals surface area contributed by atoms with Crippen molar-refractivity contribution in [2.45, 2.75) is 31.7 Å². The van der Waals surface area contributed by atoms with E-state index in [1.165, 1.54) is 31.4 Å². The lowest BCUT2D eigenvalue weighted by atomic mass is 9.95. The molecule has 0 aromatic heterocycles. The Morgan fingerprint density at radius 2 is 2.33 bits per heavy atom. The molecule has 0 radical (unpaired) electrons. The summed E-state index contributed by atoms with van der Waals surface area (Å²) in [5.74, 6) is 0. The maximum absolute atomic E-state index is 8.77. The van der Waals surface area contributed by atoms with Crippen LogP contribution in [0.15, 0.2) is 12.2 Å². The Balaban J connectivity index is 2.42. The van der Waals surface area contributed by atoms with E-state index in [4.69, 9.17) is 5.11 Å². The van der Waals surface area contributed by atoms with E-state index in [1.54, 1.807) is 0 Å². The fraction of sp³-hybridized carbons (Fsp3) is 0.800. The average Bonchev–Trinajstić information content (AvgIpc) is 2.05. The third-order valence-corrected chi connectivity index (χ3v) is 2.67. The van der Waals surface area contributed by atoms with Gasteiger partial charge in [-0.1, -0.05) is 18.6 Å². The number of rotatable bonds is 3. The van der Waals surface area contributed by atoms with Crippen molar-refractivity contribution in [2.24, 2.45) is 0 Å². The van der Waals surface area contributed by atoms with Gasteiger partial charge in [0.25, 0.3) is 0 Å². The van der Waals surface area contributed by atoms with Crippen LogP contribution in [0.5, 0.6) is 0 Å². The molecule has 1 saturated heterocycles. The monoisotopic (exact) mass is 169 g/mol. The van der Waals surface area contributed by atoms with Crippen LogP contribution in [-0.2, 0) is 0 Å². The standard InChI is InChI=1S/C10H19NO/c1-9(6-8-12)10-5-3-4-7-11(10)2/h10,12H,1,3-8H2,2H3. The molecule has 0 aromatic carbocycles. The van der Waals surface area contributed by atoms with Crippen molar-refractivity contribution in [3.8, 4) is 0 Å². The Hall–Kier alpha value is -0.340. The molecule has 0 saturated carbocycles. The van der Waals surface area contributed by atoms with Gasteiger partial charge in [-0.15, -0.1) is 0 Å². The lowest BCUT2D eigenvalue weighted by molar-refractivity contribution is 0.202. The van der Waals surface area contributed by atoms with Crippen LogP contribution in [0.25, 0.3) is 0 Å². The highest BCUT2D eigenvalue weighted by Crippen LogP contribution is 2.21. The number of nitrogens with zero attached hydrogens (tertiary/aromatic N) is 1. The Bertz CT molecular complexity index is 156. The molecule has 0 spiro atoms. The first-order valence-corrected chi connectivity index (χ1v) is 4.74. The van der Waals surface area contributed by atoms with E-state index in [9.17, 15) is 0 Å². The summed E-state index contributed by atoms with van der Waals surface area (Å²) in [5.41, 5.74) is 1.19. The molecule has 1 rings (SSSR count). The van der Waals surface area contributed by atoms with Gasteiger partial charge in [0.15, 0.2) is 0 Å². The first kappa shape index (κ1) is 9.75. The second-order valence-corrected chi connectivity index (χ2v) is 3.62. The van der Waals surface area contributed by atoms with E-state index < -0.39 is 0 Å². The first-order chi connectivity index (χ1) is 5.75.